The topological polar surface area (TPSA) is 56.3 Å². The molecule has 6 heteroatoms. The molecule has 0 aliphatic carbocycles. The lowest BCUT2D eigenvalue weighted by Crippen LogP contribution is -2.38. The number of nitrogens with one attached hydrogen (secondary N) is 1. The Morgan fingerprint density at radius 2 is 2.35 bits per heavy atom. The highest BCUT2D eigenvalue weighted by molar-refractivity contribution is 7.98. The molecule has 17 heavy (non-hydrogen) atoms. The zero-order chi connectivity index (χ0) is 12.1. The van der Waals surface area contributed by atoms with Gasteiger partial charge in [0.15, 0.2) is 5.16 Å². The summed E-state index contributed by atoms with van der Waals surface area (Å²) in [6.45, 7) is 4.32. The van der Waals surface area contributed by atoms with Gasteiger partial charge in [0.25, 0.3) is 0 Å². The minimum absolute atomic E-state index is 0.138. The van der Waals surface area contributed by atoms with E-state index in [1.807, 2.05) is 12.3 Å². The van der Waals surface area contributed by atoms with E-state index in [1.54, 1.807) is 0 Å². The first-order valence-corrected chi connectivity index (χ1v) is 6.95. The molecule has 0 aromatic carbocycles. The molecular formula is C11H17N3O2S. The summed E-state index contributed by atoms with van der Waals surface area (Å²) in [6.07, 6.45) is 3.15. The summed E-state index contributed by atoms with van der Waals surface area (Å²) >= 11 is 1.51. The Kier molecular flexibility index (Phi) is 4.44. The van der Waals surface area contributed by atoms with Crippen LogP contribution in [0.4, 0.5) is 5.82 Å². The van der Waals surface area contributed by atoms with Gasteiger partial charge in [0.2, 0.25) is 5.88 Å². The van der Waals surface area contributed by atoms with Crippen molar-refractivity contribution in [3.05, 3.63) is 6.07 Å². The molecular weight excluding hydrogens is 238 g/mol. The first-order valence-electron chi connectivity index (χ1n) is 5.73. The van der Waals surface area contributed by atoms with E-state index in [-0.39, 0.29) is 6.10 Å². The third-order valence-corrected chi connectivity index (χ3v) is 2.86. The van der Waals surface area contributed by atoms with Crippen LogP contribution in [0.2, 0.25) is 0 Å². The van der Waals surface area contributed by atoms with Gasteiger partial charge in [0.05, 0.1) is 13.2 Å². The molecule has 0 spiro atoms. The van der Waals surface area contributed by atoms with Crippen LogP contribution in [0.5, 0.6) is 5.88 Å². The number of rotatable bonds is 6. The molecule has 2 heterocycles. The quantitative estimate of drug-likeness (QED) is 0.618. The fourth-order valence-corrected chi connectivity index (χ4v) is 1.72. The average Bonchev–Trinajstić information content (AvgIpc) is 2.31. The van der Waals surface area contributed by atoms with Crippen LogP contribution in [-0.2, 0) is 4.74 Å². The van der Waals surface area contributed by atoms with Crippen molar-refractivity contribution in [2.24, 2.45) is 0 Å². The summed E-state index contributed by atoms with van der Waals surface area (Å²) in [4.78, 5) is 8.69. The van der Waals surface area contributed by atoms with E-state index in [0.717, 1.165) is 23.9 Å². The summed E-state index contributed by atoms with van der Waals surface area (Å²) in [5, 5.41) is 3.97. The molecule has 94 valence electrons. The Bertz CT molecular complexity index is 372. The summed E-state index contributed by atoms with van der Waals surface area (Å²) in [6, 6.07) is 1.84. The Hall–Kier alpha value is -1.01. The molecule has 0 unspecified atom stereocenters. The first-order chi connectivity index (χ1) is 8.31. The van der Waals surface area contributed by atoms with Crippen LogP contribution < -0.4 is 10.1 Å². The largest absolute Gasteiger partial charge is 0.469 e. The molecule has 2 rings (SSSR count). The standard InChI is InChI=1S/C11H17N3O2S/c1-3-4-12-9-5-10(14-11(13-9)17-2)16-8-6-15-7-8/h5,8H,3-4,6-7H2,1-2H3,(H,12,13,14). The maximum atomic E-state index is 5.68. The van der Waals surface area contributed by atoms with Crippen LogP contribution in [0.15, 0.2) is 11.2 Å². The van der Waals surface area contributed by atoms with E-state index < -0.39 is 0 Å². The van der Waals surface area contributed by atoms with Gasteiger partial charge in [-0.2, -0.15) is 4.98 Å². The summed E-state index contributed by atoms with van der Waals surface area (Å²) < 4.78 is 10.8. The van der Waals surface area contributed by atoms with Crippen LogP contribution in [0.25, 0.3) is 0 Å². The maximum Gasteiger partial charge on any atom is 0.219 e. The number of hydrogen-bond donors (Lipinski definition) is 1. The fourth-order valence-electron chi connectivity index (χ4n) is 1.35. The fraction of sp³-hybridized carbons (Fsp3) is 0.636. The van der Waals surface area contributed by atoms with Gasteiger partial charge in [-0.3, -0.25) is 0 Å². The number of hydrogen-bond acceptors (Lipinski definition) is 6. The monoisotopic (exact) mass is 255 g/mol. The summed E-state index contributed by atoms with van der Waals surface area (Å²) in [5.41, 5.74) is 0. The number of ether oxygens (including phenoxy) is 2. The third kappa shape index (κ3) is 3.47. The Labute approximate surface area is 105 Å². The maximum absolute atomic E-state index is 5.68. The van der Waals surface area contributed by atoms with Crippen molar-refractivity contribution < 1.29 is 9.47 Å². The van der Waals surface area contributed by atoms with Crippen molar-refractivity contribution in [2.45, 2.75) is 24.6 Å². The Balaban J connectivity index is 2.06. The second kappa shape index (κ2) is 6.07. The molecule has 1 aliphatic rings. The SMILES string of the molecule is CCCNc1cc(OC2COC2)nc(SC)n1. The third-order valence-electron chi connectivity index (χ3n) is 2.32. The van der Waals surface area contributed by atoms with E-state index in [2.05, 4.69) is 22.2 Å². The van der Waals surface area contributed by atoms with Crippen molar-refractivity contribution in [1.82, 2.24) is 9.97 Å². The minimum atomic E-state index is 0.138. The van der Waals surface area contributed by atoms with E-state index in [1.165, 1.54) is 11.8 Å². The van der Waals surface area contributed by atoms with E-state index in [4.69, 9.17) is 9.47 Å². The van der Waals surface area contributed by atoms with Crippen LogP contribution in [-0.4, -0.2) is 42.1 Å². The highest BCUT2D eigenvalue weighted by Gasteiger charge is 2.21. The number of anilines is 1. The summed E-state index contributed by atoms with van der Waals surface area (Å²) in [5.74, 6) is 1.44. The van der Waals surface area contributed by atoms with Crippen molar-refractivity contribution >= 4 is 17.6 Å². The van der Waals surface area contributed by atoms with Gasteiger partial charge in [-0.05, 0) is 12.7 Å². The predicted octanol–water partition coefficient (Wildman–Crippen LogP) is 1.80. The van der Waals surface area contributed by atoms with Crippen LogP contribution in [0.1, 0.15) is 13.3 Å². The molecule has 0 radical (unpaired) electrons. The molecule has 1 saturated heterocycles. The predicted molar refractivity (Wildman–Crippen MR) is 67.8 cm³/mol. The van der Waals surface area contributed by atoms with Gasteiger partial charge in [0, 0.05) is 12.6 Å². The second-order valence-corrected chi connectivity index (χ2v) is 4.56. The lowest BCUT2D eigenvalue weighted by Gasteiger charge is -2.26. The zero-order valence-corrected chi connectivity index (χ0v) is 10.9. The van der Waals surface area contributed by atoms with Gasteiger partial charge in [-0.1, -0.05) is 18.7 Å². The minimum Gasteiger partial charge on any atom is -0.469 e. The van der Waals surface area contributed by atoms with Crippen LogP contribution in [0, 0.1) is 0 Å². The lowest BCUT2D eigenvalue weighted by atomic mass is 10.3. The van der Waals surface area contributed by atoms with Crippen molar-refractivity contribution in [3.8, 4) is 5.88 Å². The molecule has 0 atom stereocenters. The van der Waals surface area contributed by atoms with Gasteiger partial charge in [-0.25, -0.2) is 4.98 Å². The molecule has 5 nitrogen and oxygen atoms in total. The molecule has 1 aromatic heterocycles. The van der Waals surface area contributed by atoms with E-state index in [0.29, 0.717) is 19.1 Å². The molecule has 0 saturated carbocycles. The number of thioether (sulfide) groups is 1. The lowest BCUT2D eigenvalue weighted by molar-refractivity contribution is -0.0815. The normalized spacial score (nSPS) is 15.4. The van der Waals surface area contributed by atoms with Crippen molar-refractivity contribution in [1.29, 1.82) is 0 Å². The summed E-state index contributed by atoms with van der Waals surface area (Å²) in [7, 11) is 0. The zero-order valence-electron chi connectivity index (χ0n) is 10.1. The Morgan fingerprint density at radius 1 is 1.53 bits per heavy atom. The van der Waals surface area contributed by atoms with Gasteiger partial charge >= 0.3 is 0 Å². The second-order valence-electron chi connectivity index (χ2n) is 3.78. The molecule has 1 aliphatic heterocycles. The highest BCUT2D eigenvalue weighted by Crippen LogP contribution is 2.21. The molecule has 0 bridgehead atoms. The molecule has 1 fully saturated rings. The van der Waals surface area contributed by atoms with Gasteiger partial charge < -0.3 is 14.8 Å². The highest BCUT2D eigenvalue weighted by atomic mass is 32.2. The Morgan fingerprint density at radius 3 is 2.94 bits per heavy atom. The van der Waals surface area contributed by atoms with Crippen molar-refractivity contribution in [3.63, 3.8) is 0 Å². The number of nitrogens with zero attached hydrogens (tertiary/aromatic N) is 2. The first kappa shape index (κ1) is 12.4. The van der Waals surface area contributed by atoms with E-state index >= 15 is 0 Å². The average molecular weight is 255 g/mol. The van der Waals surface area contributed by atoms with Crippen molar-refractivity contribution in [2.75, 3.05) is 31.3 Å². The smallest absolute Gasteiger partial charge is 0.219 e. The van der Waals surface area contributed by atoms with Gasteiger partial charge in [-0.15, -0.1) is 0 Å². The van der Waals surface area contributed by atoms with E-state index in [9.17, 15) is 0 Å². The van der Waals surface area contributed by atoms with Gasteiger partial charge in [0.1, 0.15) is 11.9 Å². The molecule has 0 amide bonds. The number of aromatic nitrogens is 2. The van der Waals surface area contributed by atoms with Crippen LogP contribution >= 0.6 is 11.8 Å². The molecule has 1 N–H and O–H groups in total. The molecule has 1 aromatic rings. The van der Waals surface area contributed by atoms with Crippen LogP contribution in [0.3, 0.4) is 0 Å².